The lowest BCUT2D eigenvalue weighted by molar-refractivity contribution is 0.158. The molecule has 2 N–H and O–H groups in total. The van der Waals surface area contributed by atoms with Gasteiger partial charge in [-0.25, -0.2) is 0 Å². The Morgan fingerprint density at radius 1 is 1.30 bits per heavy atom. The molecule has 8 heteroatoms. The molecular weight excluding hydrogens is 278 g/mol. The predicted molar refractivity (Wildman–Crippen MR) is 79.1 cm³/mol. The van der Waals surface area contributed by atoms with E-state index in [9.17, 15) is 0 Å². The molecule has 20 heavy (non-hydrogen) atoms. The van der Waals surface area contributed by atoms with Crippen LogP contribution >= 0.6 is 11.6 Å². The number of anilines is 1. The molecule has 1 saturated heterocycles. The van der Waals surface area contributed by atoms with Crippen molar-refractivity contribution in [1.82, 2.24) is 30.0 Å². The highest BCUT2D eigenvalue weighted by atomic mass is 35.5. The van der Waals surface area contributed by atoms with Crippen LogP contribution in [0.4, 0.5) is 5.82 Å². The maximum absolute atomic E-state index is 5.90. The first kappa shape index (κ1) is 13.5. The van der Waals surface area contributed by atoms with Crippen LogP contribution in [-0.2, 0) is 0 Å². The zero-order valence-electron chi connectivity index (χ0n) is 11.4. The first-order valence-corrected chi connectivity index (χ1v) is 7.11. The fraction of sp³-hybridized carbons (Fsp3) is 0.583. The molecule has 0 spiro atoms. The van der Waals surface area contributed by atoms with Crippen LogP contribution in [0, 0.1) is 0 Å². The maximum Gasteiger partial charge on any atom is 0.226 e. The van der Waals surface area contributed by atoms with E-state index in [0.29, 0.717) is 5.65 Å². The fourth-order valence-corrected chi connectivity index (χ4v) is 2.52. The van der Waals surface area contributed by atoms with Gasteiger partial charge in [0.2, 0.25) is 5.28 Å². The average molecular weight is 296 g/mol. The first-order valence-electron chi connectivity index (χ1n) is 6.74. The maximum atomic E-state index is 5.90. The van der Waals surface area contributed by atoms with E-state index >= 15 is 0 Å². The number of hydrogen-bond acceptors (Lipinski definition) is 6. The van der Waals surface area contributed by atoms with Crippen LogP contribution in [0.2, 0.25) is 5.28 Å². The number of H-pyrrole nitrogens is 1. The number of aromatic nitrogens is 4. The molecule has 0 amide bonds. The van der Waals surface area contributed by atoms with Gasteiger partial charge in [0.05, 0.1) is 11.6 Å². The monoisotopic (exact) mass is 295 g/mol. The molecule has 1 aliphatic rings. The van der Waals surface area contributed by atoms with Crippen LogP contribution in [-0.4, -0.2) is 76.3 Å². The topological polar surface area (TPSA) is 73.0 Å². The minimum Gasteiger partial charge on any atom is -0.368 e. The van der Waals surface area contributed by atoms with Gasteiger partial charge in [0.15, 0.2) is 5.65 Å². The normalized spacial score (nSPS) is 17.7. The third kappa shape index (κ3) is 3.00. The average Bonchev–Trinajstić information content (AvgIpc) is 2.89. The molecule has 0 atom stereocenters. The zero-order valence-corrected chi connectivity index (χ0v) is 12.2. The van der Waals surface area contributed by atoms with Gasteiger partial charge < -0.3 is 10.2 Å². The highest BCUT2D eigenvalue weighted by Crippen LogP contribution is 2.19. The van der Waals surface area contributed by atoms with Crippen molar-refractivity contribution in [2.24, 2.45) is 0 Å². The molecule has 0 aliphatic carbocycles. The van der Waals surface area contributed by atoms with Crippen LogP contribution in [0.5, 0.6) is 0 Å². The van der Waals surface area contributed by atoms with Crippen LogP contribution in [0.3, 0.4) is 0 Å². The summed E-state index contributed by atoms with van der Waals surface area (Å²) in [7, 11) is 2.16. The first-order chi connectivity index (χ1) is 9.72. The van der Waals surface area contributed by atoms with Gasteiger partial charge in [-0.1, -0.05) is 0 Å². The molecule has 0 bridgehead atoms. The highest BCUT2D eigenvalue weighted by molar-refractivity contribution is 6.28. The molecule has 2 aromatic rings. The molecule has 1 fully saturated rings. The molecule has 108 valence electrons. The lowest BCUT2D eigenvalue weighted by Gasteiger charge is -2.32. The summed E-state index contributed by atoms with van der Waals surface area (Å²) in [6, 6.07) is 0. The largest absolute Gasteiger partial charge is 0.368 e. The molecule has 3 heterocycles. The second-order valence-electron chi connectivity index (χ2n) is 5.05. The standard InChI is InChI=1S/C12H18ClN7/c1-19-4-6-20(7-5-19)3-2-14-10-9-8-15-18-11(9)17-12(13)16-10/h8H,2-7H2,1H3,(H2,14,15,16,17,18). The van der Waals surface area contributed by atoms with Gasteiger partial charge in [-0.15, -0.1) is 0 Å². The minimum absolute atomic E-state index is 0.226. The molecule has 1 aliphatic heterocycles. The molecule has 0 radical (unpaired) electrons. The van der Waals surface area contributed by atoms with Crippen LogP contribution in [0.1, 0.15) is 0 Å². The summed E-state index contributed by atoms with van der Waals surface area (Å²) in [6.07, 6.45) is 1.71. The molecular formula is C12H18ClN7. The third-order valence-electron chi connectivity index (χ3n) is 3.60. The van der Waals surface area contributed by atoms with Gasteiger partial charge in [0.1, 0.15) is 5.82 Å². The number of nitrogens with one attached hydrogen (secondary N) is 2. The van der Waals surface area contributed by atoms with Gasteiger partial charge in [-0.3, -0.25) is 10.00 Å². The van der Waals surface area contributed by atoms with E-state index in [1.807, 2.05) is 0 Å². The Hall–Kier alpha value is -1.44. The van der Waals surface area contributed by atoms with E-state index in [-0.39, 0.29) is 5.28 Å². The van der Waals surface area contributed by atoms with E-state index < -0.39 is 0 Å². The summed E-state index contributed by atoms with van der Waals surface area (Å²) in [6.45, 7) is 6.32. The Kier molecular flexibility index (Phi) is 4.00. The van der Waals surface area contributed by atoms with Crippen molar-refractivity contribution >= 4 is 28.5 Å². The van der Waals surface area contributed by atoms with E-state index in [0.717, 1.165) is 50.5 Å². The van der Waals surface area contributed by atoms with Gasteiger partial charge >= 0.3 is 0 Å². The van der Waals surface area contributed by atoms with Gasteiger partial charge in [-0.05, 0) is 18.6 Å². The van der Waals surface area contributed by atoms with E-state index in [2.05, 4.69) is 42.3 Å². The minimum atomic E-state index is 0.226. The zero-order chi connectivity index (χ0) is 13.9. The van der Waals surface area contributed by atoms with Gasteiger partial charge in [0.25, 0.3) is 0 Å². The molecule has 0 saturated carbocycles. The summed E-state index contributed by atoms with van der Waals surface area (Å²) in [5, 5.41) is 11.2. The SMILES string of the molecule is CN1CCN(CCNc2nc(Cl)nc3[nH]ncc23)CC1. The molecule has 0 unspecified atom stereocenters. The Balaban J connectivity index is 1.58. The Bertz CT molecular complexity index is 576. The summed E-state index contributed by atoms with van der Waals surface area (Å²) in [4.78, 5) is 13.1. The summed E-state index contributed by atoms with van der Waals surface area (Å²) in [5.41, 5.74) is 0.659. The number of aromatic amines is 1. The molecule has 2 aromatic heterocycles. The van der Waals surface area contributed by atoms with Crippen LogP contribution in [0.15, 0.2) is 6.20 Å². The summed E-state index contributed by atoms with van der Waals surface area (Å²) in [5.74, 6) is 0.739. The van der Waals surface area contributed by atoms with E-state index in [1.165, 1.54) is 0 Å². The fourth-order valence-electron chi connectivity index (χ4n) is 2.35. The van der Waals surface area contributed by atoms with Crippen molar-refractivity contribution in [1.29, 1.82) is 0 Å². The highest BCUT2D eigenvalue weighted by Gasteiger charge is 2.13. The predicted octanol–water partition coefficient (Wildman–Crippen LogP) is 0.666. The van der Waals surface area contributed by atoms with E-state index in [4.69, 9.17) is 11.6 Å². The number of nitrogens with zero attached hydrogens (tertiary/aromatic N) is 5. The second-order valence-corrected chi connectivity index (χ2v) is 5.38. The molecule has 3 rings (SSSR count). The van der Waals surface area contributed by atoms with Crippen LogP contribution < -0.4 is 5.32 Å². The number of likely N-dealkylation sites (N-methyl/N-ethyl adjacent to an activating group) is 1. The quantitative estimate of drug-likeness (QED) is 0.808. The number of piperazine rings is 1. The summed E-state index contributed by atoms with van der Waals surface area (Å²) < 4.78 is 0. The number of halogens is 1. The third-order valence-corrected chi connectivity index (χ3v) is 3.77. The van der Waals surface area contributed by atoms with Crippen molar-refractivity contribution in [3.8, 4) is 0 Å². The molecule has 0 aromatic carbocycles. The number of hydrogen-bond donors (Lipinski definition) is 2. The molecule has 7 nitrogen and oxygen atoms in total. The van der Waals surface area contributed by atoms with Crippen molar-refractivity contribution in [2.45, 2.75) is 0 Å². The Morgan fingerprint density at radius 2 is 2.10 bits per heavy atom. The van der Waals surface area contributed by atoms with Crippen molar-refractivity contribution < 1.29 is 0 Å². The van der Waals surface area contributed by atoms with Crippen molar-refractivity contribution in [2.75, 3.05) is 51.6 Å². The summed E-state index contributed by atoms with van der Waals surface area (Å²) >= 11 is 5.90. The second kappa shape index (κ2) is 5.90. The van der Waals surface area contributed by atoms with Gasteiger partial charge in [0, 0.05) is 39.3 Å². The van der Waals surface area contributed by atoms with Crippen molar-refractivity contribution in [3.05, 3.63) is 11.5 Å². The number of fused-ring (bicyclic) bond motifs is 1. The number of rotatable bonds is 4. The van der Waals surface area contributed by atoms with Crippen LogP contribution in [0.25, 0.3) is 11.0 Å². The van der Waals surface area contributed by atoms with Gasteiger partial charge in [-0.2, -0.15) is 15.1 Å². The Morgan fingerprint density at radius 3 is 2.90 bits per heavy atom. The Labute approximate surface area is 122 Å². The van der Waals surface area contributed by atoms with E-state index in [1.54, 1.807) is 6.20 Å². The lowest BCUT2D eigenvalue weighted by Crippen LogP contribution is -2.45. The smallest absolute Gasteiger partial charge is 0.226 e. The van der Waals surface area contributed by atoms with Crippen molar-refractivity contribution in [3.63, 3.8) is 0 Å². The lowest BCUT2D eigenvalue weighted by atomic mass is 10.3.